The van der Waals surface area contributed by atoms with E-state index in [0.29, 0.717) is 26.4 Å². The second kappa shape index (κ2) is 9.42. The molecular weight excluding hydrogens is 422 g/mol. The number of aliphatic hydroxyl groups is 2. The standard InChI is InChI=1S/C20H28B2O6S2/c1-3-19(9-23)11-25-21(26-12-19)17-7-5-15(29-17)16-6-8-18(30-16)22-27-13-20(4-2,10-24)14-28-22/h5-8,23-24H,3-4,9-14H2,1-2H3. The Morgan fingerprint density at radius 1 is 0.733 bits per heavy atom. The number of aliphatic hydroxyl groups excluding tert-OH is 2. The smallest absolute Gasteiger partial charge is 0.406 e. The van der Waals surface area contributed by atoms with E-state index in [1.54, 1.807) is 22.7 Å². The molecule has 0 saturated carbocycles. The lowest BCUT2D eigenvalue weighted by Gasteiger charge is -2.36. The second-order valence-electron chi connectivity index (χ2n) is 8.34. The van der Waals surface area contributed by atoms with Crippen LogP contribution in [0.25, 0.3) is 9.75 Å². The van der Waals surface area contributed by atoms with Gasteiger partial charge in [0.2, 0.25) is 0 Å². The van der Waals surface area contributed by atoms with Gasteiger partial charge in [-0.15, -0.1) is 22.7 Å². The largest absolute Gasteiger partial charge is 0.504 e. The minimum absolute atomic E-state index is 0.0763. The summed E-state index contributed by atoms with van der Waals surface area (Å²) in [4.78, 5) is 2.30. The van der Waals surface area contributed by atoms with Crippen LogP contribution < -0.4 is 9.55 Å². The normalized spacial score (nSPS) is 21.2. The molecule has 2 saturated heterocycles. The molecule has 0 radical (unpaired) electrons. The Morgan fingerprint density at radius 3 is 1.40 bits per heavy atom. The van der Waals surface area contributed by atoms with Crippen molar-refractivity contribution in [3.05, 3.63) is 24.3 Å². The Hall–Kier alpha value is -0.710. The van der Waals surface area contributed by atoms with Crippen LogP contribution in [0.3, 0.4) is 0 Å². The predicted molar refractivity (Wildman–Crippen MR) is 122 cm³/mol. The van der Waals surface area contributed by atoms with Gasteiger partial charge in [0, 0.05) is 56.6 Å². The Labute approximate surface area is 186 Å². The predicted octanol–water partition coefficient (Wildman–Crippen LogP) is 1.74. The molecule has 2 fully saturated rings. The number of thiophene rings is 2. The highest BCUT2D eigenvalue weighted by atomic mass is 32.1. The Morgan fingerprint density at radius 2 is 1.10 bits per heavy atom. The molecule has 2 aromatic rings. The van der Waals surface area contributed by atoms with E-state index in [0.717, 1.165) is 32.1 Å². The van der Waals surface area contributed by atoms with Crippen LogP contribution in [-0.2, 0) is 18.6 Å². The highest BCUT2D eigenvalue weighted by Gasteiger charge is 2.40. The van der Waals surface area contributed by atoms with Gasteiger partial charge in [-0.25, -0.2) is 0 Å². The van der Waals surface area contributed by atoms with Crippen LogP contribution in [0.1, 0.15) is 26.7 Å². The molecule has 2 N–H and O–H groups in total. The molecule has 0 aromatic carbocycles. The van der Waals surface area contributed by atoms with Crippen molar-refractivity contribution >= 4 is 46.5 Å². The van der Waals surface area contributed by atoms with E-state index < -0.39 is 0 Å². The summed E-state index contributed by atoms with van der Waals surface area (Å²) in [6.07, 6.45) is 1.65. The topological polar surface area (TPSA) is 77.4 Å². The van der Waals surface area contributed by atoms with E-state index in [1.807, 2.05) is 26.0 Å². The molecule has 6 nitrogen and oxygen atoms in total. The molecular formula is C20H28B2O6S2. The lowest BCUT2D eigenvalue weighted by atomic mass is 9.79. The van der Waals surface area contributed by atoms with Crippen molar-refractivity contribution in [2.75, 3.05) is 39.6 Å². The monoisotopic (exact) mass is 450 g/mol. The van der Waals surface area contributed by atoms with Gasteiger partial charge in [-0.05, 0) is 25.0 Å². The second-order valence-corrected chi connectivity index (χ2v) is 10.6. The van der Waals surface area contributed by atoms with E-state index in [4.69, 9.17) is 18.6 Å². The lowest BCUT2D eigenvalue weighted by Crippen LogP contribution is -2.50. The van der Waals surface area contributed by atoms with Crippen LogP contribution in [-0.4, -0.2) is 64.1 Å². The summed E-state index contributed by atoms with van der Waals surface area (Å²) in [5, 5.41) is 19.3. The van der Waals surface area contributed by atoms with Gasteiger partial charge >= 0.3 is 14.2 Å². The molecule has 0 atom stereocenters. The van der Waals surface area contributed by atoms with Crippen LogP contribution in [0, 0.1) is 10.8 Å². The van der Waals surface area contributed by atoms with Gasteiger partial charge in [0.05, 0.1) is 13.2 Å². The van der Waals surface area contributed by atoms with Crippen molar-refractivity contribution in [2.24, 2.45) is 10.8 Å². The average molecular weight is 450 g/mol. The number of hydrogen-bond acceptors (Lipinski definition) is 8. The van der Waals surface area contributed by atoms with Crippen molar-refractivity contribution in [1.82, 2.24) is 0 Å². The maximum Gasteiger partial charge on any atom is 0.504 e. The molecule has 0 unspecified atom stereocenters. The minimum atomic E-state index is -0.375. The highest BCUT2D eigenvalue weighted by Crippen LogP contribution is 2.32. The molecule has 30 heavy (non-hydrogen) atoms. The van der Waals surface area contributed by atoms with Crippen LogP contribution in [0.15, 0.2) is 24.3 Å². The number of rotatable bonds is 7. The van der Waals surface area contributed by atoms with E-state index in [-0.39, 0.29) is 38.3 Å². The van der Waals surface area contributed by atoms with Gasteiger partial charge in [0.1, 0.15) is 0 Å². The molecule has 4 heterocycles. The molecule has 0 spiro atoms. The zero-order valence-electron chi connectivity index (χ0n) is 17.5. The number of hydrogen-bond donors (Lipinski definition) is 2. The van der Waals surface area contributed by atoms with Gasteiger partial charge in [-0.1, -0.05) is 26.0 Å². The summed E-state index contributed by atoms with van der Waals surface area (Å²) in [7, 11) is -0.750. The first-order chi connectivity index (χ1) is 14.6. The van der Waals surface area contributed by atoms with Gasteiger partial charge < -0.3 is 28.8 Å². The van der Waals surface area contributed by atoms with Crippen molar-refractivity contribution in [2.45, 2.75) is 26.7 Å². The molecule has 2 aromatic heterocycles. The summed E-state index contributed by atoms with van der Waals surface area (Å²) >= 11 is 3.32. The van der Waals surface area contributed by atoms with Crippen LogP contribution in [0.5, 0.6) is 0 Å². The first-order valence-corrected chi connectivity index (χ1v) is 12.1. The van der Waals surface area contributed by atoms with Crippen LogP contribution in [0.2, 0.25) is 0 Å². The molecule has 0 amide bonds. The third-order valence-electron chi connectivity index (χ3n) is 6.30. The summed E-state index contributed by atoms with van der Waals surface area (Å²) < 4.78 is 25.8. The first kappa shape index (κ1) is 22.5. The Balaban J connectivity index is 1.39. The van der Waals surface area contributed by atoms with Gasteiger partial charge in [0.25, 0.3) is 0 Å². The minimum Gasteiger partial charge on any atom is -0.406 e. The molecule has 162 valence electrons. The molecule has 10 heteroatoms. The molecule has 2 aliphatic rings. The average Bonchev–Trinajstić information content (AvgIpc) is 3.49. The SMILES string of the molecule is CCC1(CO)COB(c2ccc(-c3ccc(B4OCC(CC)(CO)CO4)s3)s2)OC1. The van der Waals surface area contributed by atoms with Crippen molar-refractivity contribution in [3.63, 3.8) is 0 Å². The molecule has 0 bridgehead atoms. The summed E-state index contributed by atoms with van der Waals surface area (Å²) in [6, 6.07) is 8.28. The maximum absolute atomic E-state index is 9.63. The van der Waals surface area contributed by atoms with Crippen molar-refractivity contribution < 1.29 is 28.8 Å². The Bertz CT molecular complexity index is 745. The maximum atomic E-state index is 9.63. The lowest BCUT2D eigenvalue weighted by molar-refractivity contribution is -0.0291. The molecule has 4 rings (SSSR count). The zero-order valence-corrected chi connectivity index (χ0v) is 19.1. The van der Waals surface area contributed by atoms with E-state index in [1.165, 1.54) is 0 Å². The van der Waals surface area contributed by atoms with Gasteiger partial charge in [0.15, 0.2) is 0 Å². The quantitative estimate of drug-likeness (QED) is 0.627. The van der Waals surface area contributed by atoms with E-state index >= 15 is 0 Å². The van der Waals surface area contributed by atoms with E-state index in [2.05, 4.69) is 12.1 Å². The Kier molecular flexibility index (Phi) is 7.06. The summed E-state index contributed by atoms with van der Waals surface area (Å²) in [6.45, 7) is 6.27. The van der Waals surface area contributed by atoms with Crippen LogP contribution in [0.4, 0.5) is 0 Å². The van der Waals surface area contributed by atoms with Crippen molar-refractivity contribution in [3.8, 4) is 9.75 Å². The summed E-state index contributed by atoms with van der Waals surface area (Å²) in [5.41, 5.74) is -0.574. The third-order valence-corrected chi connectivity index (χ3v) is 8.70. The summed E-state index contributed by atoms with van der Waals surface area (Å²) in [5.74, 6) is 0. The highest BCUT2D eigenvalue weighted by molar-refractivity contribution is 7.30. The first-order valence-electron chi connectivity index (χ1n) is 10.4. The van der Waals surface area contributed by atoms with E-state index in [9.17, 15) is 10.2 Å². The molecule has 0 aliphatic carbocycles. The zero-order chi connectivity index (χ0) is 21.2. The fourth-order valence-corrected chi connectivity index (χ4v) is 5.66. The van der Waals surface area contributed by atoms with Gasteiger partial charge in [-0.2, -0.15) is 0 Å². The van der Waals surface area contributed by atoms with Crippen LogP contribution >= 0.6 is 22.7 Å². The fourth-order valence-electron chi connectivity index (χ4n) is 3.56. The van der Waals surface area contributed by atoms with Crippen molar-refractivity contribution in [1.29, 1.82) is 0 Å². The molecule has 2 aliphatic heterocycles. The fraction of sp³-hybridized carbons (Fsp3) is 0.600. The third kappa shape index (κ3) is 4.42. The van der Waals surface area contributed by atoms with Gasteiger partial charge in [-0.3, -0.25) is 0 Å².